The van der Waals surface area contributed by atoms with E-state index in [1.807, 2.05) is 12.1 Å². The topological polar surface area (TPSA) is 116 Å². The lowest BCUT2D eigenvalue weighted by Gasteiger charge is -2.45. The van der Waals surface area contributed by atoms with E-state index >= 15 is 0 Å². The zero-order valence-electron chi connectivity index (χ0n) is 25.1. The highest BCUT2D eigenvalue weighted by Crippen LogP contribution is 2.46. The number of nitrogens with one attached hydrogen (secondary N) is 1. The molecule has 0 bridgehead atoms. The van der Waals surface area contributed by atoms with Gasteiger partial charge in [0.1, 0.15) is 5.75 Å². The summed E-state index contributed by atoms with van der Waals surface area (Å²) in [4.78, 5) is 15.6. The maximum absolute atomic E-state index is 13.3. The minimum absolute atomic E-state index is 0.153. The van der Waals surface area contributed by atoms with E-state index in [0.29, 0.717) is 43.3 Å². The van der Waals surface area contributed by atoms with E-state index < -0.39 is 28.0 Å². The number of allylic oxidation sites excluding steroid dienone is 1. The molecule has 0 aromatic heterocycles. The van der Waals surface area contributed by atoms with E-state index in [-0.39, 0.29) is 35.2 Å². The van der Waals surface area contributed by atoms with Crippen LogP contribution in [0.3, 0.4) is 0 Å². The molecule has 5 atom stereocenters. The molecule has 0 unspecified atom stereocenters. The van der Waals surface area contributed by atoms with Crippen LogP contribution < -0.4 is 14.4 Å². The average Bonchev–Trinajstić information content (AvgIpc) is 3.11. The first-order chi connectivity index (χ1) is 21.1. The third-order valence-corrected chi connectivity index (χ3v) is 11.2. The lowest BCUT2D eigenvalue weighted by atomic mass is 9.68. The standard InChI is InChI=1S/C34H43ClN2O6S/c1-3-6-23(19-38)20-44(41,42)36-33(40)25-10-14-32-30(17-25)37(18-26-9-12-28(26)31(39)7-4-2)21-34(22-43-32)15-5-8-24-16-27(35)11-13-29(24)34/h3-4,10-11,13-14,16-17,23,26,28,31,38-39H,1-2,5-9,12,15,18-22H2,(H,36,40)/t23-,26+,28-,31+,34+/m1/s1. The van der Waals surface area contributed by atoms with Crippen molar-refractivity contribution in [3.63, 3.8) is 0 Å². The van der Waals surface area contributed by atoms with Gasteiger partial charge < -0.3 is 19.8 Å². The van der Waals surface area contributed by atoms with Crippen molar-refractivity contribution >= 4 is 33.2 Å². The van der Waals surface area contributed by atoms with Gasteiger partial charge in [-0.15, -0.1) is 13.2 Å². The molecular formula is C34H43ClN2O6S. The maximum atomic E-state index is 13.3. The quantitative estimate of drug-likeness (QED) is 0.279. The summed E-state index contributed by atoms with van der Waals surface area (Å²) >= 11 is 6.38. The Bertz CT molecular complexity index is 1500. The fourth-order valence-corrected chi connectivity index (χ4v) is 8.74. The molecule has 0 saturated heterocycles. The Kier molecular flexibility index (Phi) is 10.1. The summed E-state index contributed by atoms with van der Waals surface area (Å²) in [6.07, 6.45) is 8.53. The number of halogens is 1. The smallest absolute Gasteiger partial charge is 0.264 e. The van der Waals surface area contributed by atoms with Gasteiger partial charge in [0, 0.05) is 41.6 Å². The van der Waals surface area contributed by atoms with Crippen molar-refractivity contribution in [1.29, 1.82) is 0 Å². The first-order valence-corrected chi connectivity index (χ1v) is 17.5. The van der Waals surface area contributed by atoms with Crippen molar-refractivity contribution in [2.24, 2.45) is 17.8 Å². The maximum Gasteiger partial charge on any atom is 0.264 e. The molecule has 5 rings (SSSR count). The van der Waals surface area contributed by atoms with E-state index in [1.54, 1.807) is 30.4 Å². The Labute approximate surface area is 265 Å². The molecule has 238 valence electrons. The van der Waals surface area contributed by atoms with E-state index in [9.17, 15) is 23.4 Å². The number of aliphatic hydroxyl groups is 2. The van der Waals surface area contributed by atoms with Gasteiger partial charge in [-0.3, -0.25) is 4.79 Å². The summed E-state index contributed by atoms with van der Waals surface area (Å²) in [5.74, 6) is -0.632. The molecule has 1 saturated carbocycles. The summed E-state index contributed by atoms with van der Waals surface area (Å²) in [7, 11) is -4.00. The molecule has 8 nitrogen and oxygen atoms in total. The molecule has 0 radical (unpaired) electrons. The molecule has 44 heavy (non-hydrogen) atoms. The highest BCUT2D eigenvalue weighted by molar-refractivity contribution is 7.90. The van der Waals surface area contributed by atoms with Crippen LogP contribution in [-0.4, -0.2) is 62.7 Å². The Morgan fingerprint density at radius 3 is 2.68 bits per heavy atom. The number of nitrogens with zero attached hydrogens (tertiary/aromatic N) is 1. The van der Waals surface area contributed by atoms with Crippen LogP contribution in [0.1, 0.15) is 60.0 Å². The van der Waals surface area contributed by atoms with Gasteiger partial charge in [-0.25, -0.2) is 13.1 Å². The van der Waals surface area contributed by atoms with Crippen LogP contribution >= 0.6 is 11.6 Å². The third-order valence-electron chi connectivity index (χ3n) is 9.59. The van der Waals surface area contributed by atoms with Gasteiger partial charge in [-0.2, -0.15) is 0 Å². The average molecular weight is 643 g/mol. The molecule has 10 heteroatoms. The van der Waals surface area contributed by atoms with Gasteiger partial charge in [-0.1, -0.05) is 29.8 Å². The highest BCUT2D eigenvalue weighted by atomic mass is 35.5. The van der Waals surface area contributed by atoms with Crippen LogP contribution in [0, 0.1) is 17.8 Å². The third kappa shape index (κ3) is 7.01. The number of carbonyl (C=O) groups excluding carboxylic acids is 1. The fraction of sp³-hybridized carbons (Fsp3) is 0.500. The van der Waals surface area contributed by atoms with Crippen LogP contribution in [-0.2, 0) is 21.9 Å². The molecule has 3 aliphatic rings. The van der Waals surface area contributed by atoms with Crippen molar-refractivity contribution in [3.05, 3.63) is 83.4 Å². The van der Waals surface area contributed by atoms with Gasteiger partial charge in [0.15, 0.2) is 0 Å². The minimum atomic E-state index is -4.00. The Balaban J connectivity index is 1.46. The van der Waals surface area contributed by atoms with Gasteiger partial charge >= 0.3 is 0 Å². The largest absolute Gasteiger partial charge is 0.490 e. The van der Waals surface area contributed by atoms with Crippen LogP contribution in [0.4, 0.5) is 5.69 Å². The predicted molar refractivity (Wildman–Crippen MR) is 174 cm³/mol. The monoisotopic (exact) mass is 642 g/mol. The van der Waals surface area contributed by atoms with E-state index in [2.05, 4.69) is 28.8 Å². The zero-order valence-corrected chi connectivity index (χ0v) is 26.7. The minimum Gasteiger partial charge on any atom is -0.490 e. The Morgan fingerprint density at radius 1 is 1.18 bits per heavy atom. The van der Waals surface area contributed by atoms with Crippen molar-refractivity contribution in [1.82, 2.24) is 4.72 Å². The van der Waals surface area contributed by atoms with Crippen LogP contribution in [0.15, 0.2) is 61.7 Å². The van der Waals surface area contributed by atoms with Crippen LogP contribution in [0.5, 0.6) is 5.75 Å². The number of amides is 1. The number of rotatable bonds is 12. The molecule has 3 N–H and O–H groups in total. The molecule has 2 aromatic rings. The van der Waals surface area contributed by atoms with Crippen molar-refractivity contribution in [3.8, 4) is 5.75 Å². The molecule has 1 heterocycles. The lowest BCUT2D eigenvalue weighted by molar-refractivity contribution is 0.0178. The second-order valence-electron chi connectivity index (χ2n) is 12.7. The number of hydrogen-bond acceptors (Lipinski definition) is 7. The van der Waals surface area contributed by atoms with E-state index in [0.717, 1.165) is 37.8 Å². The Hall–Kier alpha value is -2.85. The zero-order chi connectivity index (χ0) is 31.5. The fourth-order valence-electron chi connectivity index (χ4n) is 7.20. The number of hydrogen-bond donors (Lipinski definition) is 3. The second kappa shape index (κ2) is 13.6. The molecule has 1 aliphatic heterocycles. The van der Waals surface area contributed by atoms with Crippen LogP contribution in [0.2, 0.25) is 5.02 Å². The number of sulfonamides is 1. The molecule has 1 spiro atoms. The van der Waals surface area contributed by atoms with E-state index in [4.69, 9.17) is 16.3 Å². The summed E-state index contributed by atoms with van der Waals surface area (Å²) in [6, 6.07) is 11.1. The highest BCUT2D eigenvalue weighted by Gasteiger charge is 2.44. The SMILES string of the molecule is C=CC[C@H](CO)CS(=O)(=O)NC(=O)c1ccc2c(c1)N(C[C@@H]1CC[C@H]1[C@@H](O)CC=C)C[C@@]1(CCCc3cc(Cl)ccc31)CO2. The number of anilines is 1. The molecule has 1 amide bonds. The lowest BCUT2D eigenvalue weighted by Crippen LogP contribution is -2.49. The van der Waals surface area contributed by atoms with Gasteiger partial charge in [0.25, 0.3) is 5.91 Å². The van der Waals surface area contributed by atoms with Crippen molar-refractivity contribution < 1.29 is 28.2 Å². The number of carbonyl (C=O) groups is 1. The number of aliphatic hydroxyl groups excluding tert-OH is 2. The van der Waals surface area contributed by atoms with Gasteiger partial charge in [-0.05, 0) is 98.2 Å². The molecule has 2 aliphatic carbocycles. The number of ether oxygens (including phenoxy) is 1. The summed E-state index contributed by atoms with van der Waals surface area (Å²) in [5, 5.41) is 21.1. The molecular weight excluding hydrogens is 600 g/mol. The van der Waals surface area contributed by atoms with Crippen LogP contribution in [0.25, 0.3) is 0 Å². The summed E-state index contributed by atoms with van der Waals surface area (Å²) in [6.45, 7) is 8.86. The summed E-state index contributed by atoms with van der Waals surface area (Å²) in [5.41, 5.74) is 3.09. The summed E-state index contributed by atoms with van der Waals surface area (Å²) < 4.78 is 34.3. The van der Waals surface area contributed by atoms with Gasteiger partial charge in [0.2, 0.25) is 10.0 Å². The van der Waals surface area contributed by atoms with Gasteiger partial charge in [0.05, 0.1) is 24.2 Å². The first-order valence-electron chi connectivity index (χ1n) is 15.4. The number of aryl methyl sites for hydroxylation is 1. The first kappa shape index (κ1) is 32.5. The van der Waals surface area contributed by atoms with Crippen molar-refractivity contribution in [2.45, 2.75) is 56.5 Å². The Morgan fingerprint density at radius 2 is 1.98 bits per heavy atom. The van der Waals surface area contributed by atoms with Crippen molar-refractivity contribution in [2.75, 3.05) is 37.0 Å². The molecule has 2 aromatic carbocycles. The number of benzene rings is 2. The molecule has 1 fully saturated rings. The number of fused-ring (bicyclic) bond motifs is 3. The normalized spacial score (nSPS) is 24.1. The second-order valence-corrected chi connectivity index (χ2v) is 14.9. The van der Waals surface area contributed by atoms with E-state index in [1.165, 1.54) is 11.1 Å². The predicted octanol–water partition coefficient (Wildman–Crippen LogP) is 5.02.